The first-order chi connectivity index (χ1) is 8.83. The molecule has 19 heavy (non-hydrogen) atoms. The molecule has 0 saturated carbocycles. The van der Waals surface area contributed by atoms with Gasteiger partial charge in [0.05, 0.1) is 19.1 Å². The van der Waals surface area contributed by atoms with Crippen LogP contribution in [0.1, 0.15) is 20.8 Å². The number of hydrogen-bond acceptors (Lipinski definition) is 5. The summed E-state index contributed by atoms with van der Waals surface area (Å²) >= 11 is 5.35. The Labute approximate surface area is 117 Å². The summed E-state index contributed by atoms with van der Waals surface area (Å²) in [5, 5.41) is 0. The van der Waals surface area contributed by atoms with Crippen LogP contribution in [0, 0.1) is 5.92 Å². The molecule has 6 nitrogen and oxygen atoms in total. The van der Waals surface area contributed by atoms with Gasteiger partial charge in [0.2, 0.25) is 0 Å². The van der Waals surface area contributed by atoms with E-state index in [2.05, 4.69) is 0 Å². The minimum Gasteiger partial charge on any atom is -0.449 e. The van der Waals surface area contributed by atoms with Crippen LogP contribution in [0.4, 0.5) is 4.79 Å². The second-order valence-electron chi connectivity index (χ2n) is 5.27. The molecule has 110 valence electrons. The van der Waals surface area contributed by atoms with Gasteiger partial charge in [0, 0.05) is 13.1 Å². The Balaban J connectivity index is 2.63. The molecule has 1 amide bonds. The van der Waals surface area contributed by atoms with Crippen molar-refractivity contribution in [3.8, 4) is 0 Å². The number of rotatable bonds is 2. The smallest absolute Gasteiger partial charge is 0.410 e. The minimum atomic E-state index is -0.573. The maximum atomic E-state index is 12.0. The molecule has 1 saturated heterocycles. The van der Waals surface area contributed by atoms with Crippen molar-refractivity contribution in [1.29, 1.82) is 0 Å². The second kappa shape index (κ2) is 6.96. The van der Waals surface area contributed by atoms with Crippen LogP contribution in [-0.4, -0.2) is 54.9 Å². The van der Waals surface area contributed by atoms with Crippen LogP contribution in [-0.2, 0) is 19.0 Å². The van der Waals surface area contributed by atoms with E-state index in [0.29, 0.717) is 13.2 Å². The van der Waals surface area contributed by atoms with Gasteiger partial charge in [-0.25, -0.2) is 4.79 Å². The maximum Gasteiger partial charge on any atom is 0.410 e. The summed E-state index contributed by atoms with van der Waals surface area (Å²) in [4.78, 5) is 25.1. The standard InChI is InChI=1S/C12H20ClNO5/c1-12(2,3)19-11(16)14-4-5-17-7-9(6-14)10(15)18-8-13/h9H,4-8H2,1-3H3. The number of ether oxygens (including phenoxy) is 3. The molecule has 1 fully saturated rings. The second-order valence-corrected chi connectivity index (χ2v) is 5.49. The molecule has 1 atom stereocenters. The van der Waals surface area contributed by atoms with E-state index in [1.807, 2.05) is 0 Å². The summed E-state index contributed by atoms with van der Waals surface area (Å²) in [5.41, 5.74) is -0.573. The van der Waals surface area contributed by atoms with Crippen molar-refractivity contribution in [2.75, 3.05) is 32.4 Å². The Kier molecular flexibility index (Phi) is 5.87. The lowest BCUT2D eigenvalue weighted by molar-refractivity contribution is -0.148. The first kappa shape index (κ1) is 16.0. The van der Waals surface area contributed by atoms with Crippen molar-refractivity contribution in [1.82, 2.24) is 4.90 Å². The molecule has 0 N–H and O–H groups in total. The summed E-state index contributed by atoms with van der Waals surface area (Å²) < 4.78 is 15.3. The summed E-state index contributed by atoms with van der Waals surface area (Å²) in [6.07, 6.45) is -0.457. The number of carbonyl (C=O) groups excluding carboxylic acids is 2. The third-order valence-electron chi connectivity index (χ3n) is 2.45. The van der Waals surface area contributed by atoms with Gasteiger partial charge < -0.3 is 19.1 Å². The maximum absolute atomic E-state index is 12.0. The number of carbonyl (C=O) groups is 2. The van der Waals surface area contributed by atoms with E-state index in [0.717, 1.165) is 0 Å². The van der Waals surface area contributed by atoms with Crippen molar-refractivity contribution in [3.05, 3.63) is 0 Å². The van der Waals surface area contributed by atoms with Gasteiger partial charge in [0.25, 0.3) is 0 Å². The molecule has 0 aromatic heterocycles. The van der Waals surface area contributed by atoms with Gasteiger partial charge in [0.15, 0.2) is 6.07 Å². The molecule has 0 bridgehead atoms. The number of esters is 1. The predicted molar refractivity (Wildman–Crippen MR) is 68.9 cm³/mol. The fraction of sp³-hybridized carbons (Fsp3) is 0.833. The fourth-order valence-electron chi connectivity index (χ4n) is 1.62. The number of alkyl halides is 1. The molecule has 1 heterocycles. The largest absolute Gasteiger partial charge is 0.449 e. The average Bonchev–Trinajstić information content (AvgIpc) is 2.52. The highest BCUT2D eigenvalue weighted by Crippen LogP contribution is 2.14. The molecular weight excluding hydrogens is 274 g/mol. The van der Waals surface area contributed by atoms with Gasteiger partial charge >= 0.3 is 12.1 Å². The van der Waals surface area contributed by atoms with Gasteiger partial charge in [-0.15, -0.1) is 0 Å². The van der Waals surface area contributed by atoms with Crippen LogP contribution in [0.2, 0.25) is 0 Å². The number of hydrogen-bond donors (Lipinski definition) is 0. The molecule has 0 aromatic carbocycles. The molecule has 0 spiro atoms. The molecule has 1 unspecified atom stereocenters. The van der Waals surface area contributed by atoms with Crippen molar-refractivity contribution in [3.63, 3.8) is 0 Å². The SMILES string of the molecule is CC(C)(C)OC(=O)N1CCOCC(C(=O)OCCl)C1. The third kappa shape index (κ3) is 5.65. The highest BCUT2D eigenvalue weighted by Gasteiger charge is 2.30. The van der Waals surface area contributed by atoms with Crippen molar-refractivity contribution < 1.29 is 23.8 Å². The Hall–Kier alpha value is -1.01. The lowest BCUT2D eigenvalue weighted by Crippen LogP contribution is -2.41. The van der Waals surface area contributed by atoms with Gasteiger partial charge in [0.1, 0.15) is 5.60 Å². The molecule has 0 aromatic rings. The van der Waals surface area contributed by atoms with Gasteiger partial charge in [-0.05, 0) is 20.8 Å². The van der Waals surface area contributed by atoms with E-state index >= 15 is 0 Å². The van der Waals surface area contributed by atoms with Crippen LogP contribution >= 0.6 is 11.6 Å². The molecule has 0 aliphatic carbocycles. The highest BCUT2D eigenvalue weighted by atomic mass is 35.5. The molecule has 7 heteroatoms. The first-order valence-corrected chi connectivity index (χ1v) is 6.65. The van der Waals surface area contributed by atoms with Crippen LogP contribution in [0.25, 0.3) is 0 Å². The Morgan fingerprint density at radius 1 is 1.42 bits per heavy atom. The summed E-state index contributed by atoms with van der Waals surface area (Å²) in [6, 6.07) is -0.207. The van der Waals surface area contributed by atoms with E-state index in [1.54, 1.807) is 20.8 Å². The Morgan fingerprint density at radius 3 is 2.68 bits per heavy atom. The summed E-state index contributed by atoms with van der Waals surface area (Å²) in [6.45, 7) is 6.55. The number of nitrogens with zero attached hydrogens (tertiary/aromatic N) is 1. The van der Waals surface area contributed by atoms with Crippen molar-refractivity contribution in [2.24, 2.45) is 5.92 Å². The fourth-order valence-corrected chi connectivity index (χ4v) is 1.72. The number of halogens is 1. The molecule has 0 radical (unpaired) electrons. The Bertz CT molecular complexity index is 329. The highest BCUT2D eigenvalue weighted by molar-refractivity contribution is 6.17. The average molecular weight is 294 g/mol. The molecule has 1 rings (SSSR count). The van der Waals surface area contributed by atoms with E-state index < -0.39 is 23.6 Å². The zero-order valence-electron chi connectivity index (χ0n) is 11.5. The predicted octanol–water partition coefficient (Wildman–Crippen LogP) is 1.61. The van der Waals surface area contributed by atoms with E-state index in [9.17, 15) is 9.59 Å². The van der Waals surface area contributed by atoms with Crippen molar-refractivity contribution in [2.45, 2.75) is 26.4 Å². The van der Waals surface area contributed by atoms with Crippen LogP contribution in [0.5, 0.6) is 0 Å². The van der Waals surface area contributed by atoms with Gasteiger partial charge in [-0.3, -0.25) is 4.79 Å². The number of amides is 1. The summed E-state index contributed by atoms with van der Waals surface area (Å²) in [7, 11) is 0. The lowest BCUT2D eigenvalue weighted by Gasteiger charge is -2.27. The zero-order valence-corrected chi connectivity index (χ0v) is 12.2. The van der Waals surface area contributed by atoms with Crippen molar-refractivity contribution >= 4 is 23.7 Å². The van der Waals surface area contributed by atoms with E-state index in [4.69, 9.17) is 25.8 Å². The topological polar surface area (TPSA) is 65.1 Å². The minimum absolute atomic E-state index is 0.207. The molecule has 1 aliphatic rings. The van der Waals surface area contributed by atoms with Crippen LogP contribution < -0.4 is 0 Å². The van der Waals surface area contributed by atoms with Crippen LogP contribution in [0.3, 0.4) is 0 Å². The first-order valence-electron chi connectivity index (χ1n) is 6.12. The quantitative estimate of drug-likeness (QED) is 0.572. The molecular formula is C12H20ClNO5. The normalized spacial score (nSPS) is 20.6. The zero-order chi connectivity index (χ0) is 14.5. The lowest BCUT2D eigenvalue weighted by atomic mass is 10.1. The Morgan fingerprint density at radius 2 is 2.11 bits per heavy atom. The molecule has 1 aliphatic heterocycles. The van der Waals surface area contributed by atoms with Crippen LogP contribution in [0.15, 0.2) is 0 Å². The van der Waals surface area contributed by atoms with Gasteiger partial charge in [-0.2, -0.15) is 0 Å². The van der Waals surface area contributed by atoms with Gasteiger partial charge in [-0.1, -0.05) is 11.6 Å². The van der Waals surface area contributed by atoms with E-state index in [1.165, 1.54) is 4.90 Å². The third-order valence-corrected chi connectivity index (χ3v) is 2.56. The summed E-state index contributed by atoms with van der Waals surface area (Å²) in [5.74, 6) is -1.00. The van der Waals surface area contributed by atoms with E-state index in [-0.39, 0.29) is 19.2 Å². The monoisotopic (exact) mass is 293 g/mol.